The average molecular weight is 593 g/mol. The van der Waals surface area contributed by atoms with E-state index in [2.05, 4.69) is 45.9 Å². The molecular formula is C27H32N10O6. The van der Waals surface area contributed by atoms with Gasteiger partial charge in [-0.1, -0.05) is 12.1 Å². The Hall–Kier alpha value is -5.51. The number of hydrogen-bond donors (Lipinski definition) is 9. The van der Waals surface area contributed by atoms with Gasteiger partial charge in [0.15, 0.2) is 0 Å². The molecule has 4 atom stereocenters. The first-order valence-electron chi connectivity index (χ1n) is 13.3. The number of imidazole rings is 3. The third-order valence-electron chi connectivity index (χ3n) is 6.55. The molecule has 0 saturated heterocycles. The number of hydrogen-bond acceptors (Lipinski definition) is 9. The summed E-state index contributed by atoms with van der Waals surface area (Å²) in [6.07, 6.45) is 8.65. The van der Waals surface area contributed by atoms with E-state index in [1.54, 1.807) is 12.1 Å². The standard InChI is InChI=1S/C27H32N10O6/c28-20(5-15-1-3-19(38)4-2-15)24(39)35-21(6-16-9-29-12-32-16)25(40)36-22(7-17-10-30-13-33-17)26(41)37-23(27(42)43)8-18-11-31-14-34-18/h1-4,9-14,20-23,38H,5-8,28H2,(H,29,32)(H,30,33)(H,31,34)(H,35,39)(H,36,40)(H,37,41)(H,42,43). The van der Waals surface area contributed by atoms with E-state index in [9.17, 15) is 29.4 Å². The van der Waals surface area contributed by atoms with Crippen LogP contribution in [0.2, 0.25) is 0 Å². The zero-order valence-electron chi connectivity index (χ0n) is 22.9. The van der Waals surface area contributed by atoms with Crippen molar-refractivity contribution in [2.75, 3.05) is 0 Å². The van der Waals surface area contributed by atoms with Crippen LogP contribution in [0.25, 0.3) is 0 Å². The molecule has 0 aliphatic heterocycles. The van der Waals surface area contributed by atoms with E-state index >= 15 is 0 Å². The number of rotatable bonds is 15. The van der Waals surface area contributed by atoms with Crippen molar-refractivity contribution in [2.45, 2.75) is 49.9 Å². The molecule has 226 valence electrons. The normalized spacial score (nSPS) is 13.8. The van der Waals surface area contributed by atoms with Crippen LogP contribution < -0.4 is 21.7 Å². The number of aromatic nitrogens is 6. The smallest absolute Gasteiger partial charge is 0.326 e. The van der Waals surface area contributed by atoms with Crippen LogP contribution in [0, 0.1) is 0 Å². The predicted octanol–water partition coefficient (Wildman–Crippen LogP) is -1.30. The monoisotopic (exact) mass is 592 g/mol. The van der Waals surface area contributed by atoms with Gasteiger partial charge < -0.3 is 46.8 Å². The number of phenols is 1. The molecule has 0 radical (unpaired) electrons. The number of aliphatic carboxylic acids is 1. The SMILES string of the molecule is NC(Cc1ccc(O)cc1)C(=O)NC(Cc1cnc[nH]1)C(=O)NC(Cc1cnc[nH]1)C(=O)NC(Cc1cnc[nH]1)C(=O)O. The Labute approximate surface area is 244 Å². The van der Waals surface area contributed by atoms with Gasteiger partial charge in [-0.25, -0.2) is 19.7 Å². The third-order valence-corrected chi connectivity index (χ3v) is 6.55. The Kier molecular flexibility index (Phi) is 10.2. The van der Waals surface area contributed by atoms with Gasteiger partial charge in [-0.3, -0.25) is 14.4 Å². The van der Waals surface area contributed by atoms with E-state index < -0.39 is 47.9 Å². The zero-order valence-corrected chi connectivity index (χ0v) is 22.9. The number of nitrogens with zero attached hydrogens (tertiary/aromatic N) is 3. The molecule has 3 heterocycles. The molecule has 0 aliphatic carbocycles. The Morgan fingerprint density at radius 2 is 1.09 bits per heavy atom. The second-order valence-corrected chi connectivity index (χ2v) is 9.84. The number of carboxylic acids is 1. The van der Waals surface area contributed by atoms with Gasteiger partial charge in [0.2, 0.25) is 17.7 Å². The van der Waals surface area contributed by atoms with Crippen LogP contribution in [0.15, 0.2) is 61.8 Å². The number of phenolic OH excluding ortho intramolecular Hbond substituents is 1. The number of carbonyl (C=O) groups excluding carboxylic acids is 3. The predicted molar refractivity (Wildman–Crippen MR) is 150 cm³/mol. The van der Waals surface area contributed by atoms with Crippen LogP contribution in [0.3, 0.4) is 0 Å². The van der Waals surface area contributed by atoms with E-state index in [4.69, 9.17) is 5.73 Å². The van der Waals surface area contributed by atoms with Gasteiger partial charge in [0.1, 0.15) is 23.9 Å². The summed E-state index contributed by atoms with van der Waals surface area (Å²) in [7, 11) is 0. The van der Waals surface area contributed by atoms with Gasteiger partial charge in [0.05, 0.1) is 25.0 Å². The molecule has 0 bridgehead atoms. The van der Waals surface area contributed by atoms with E-state index in [0.717, 1.165) is 0 Å². The molecule has 3 amide bonds. The number of nitrogens with one attached hydrogen (secondary N) is 6. The number of carboxylic acid groups (broad SMARTS) is 1. The summed E-state index contributed by atoms with van der Waals surface area (Å²) in [5.74, 6) is -3.29. The molecule has 0 fully saturated rings. The number of aromatic amines is 3. The van der Waals surface area contributed by atoms with Gasteiger partial charge in [-0.15, -0.1) is 0 Å². The minimum atomic E-state index is -1.31. The Morgan fingerprint density at radius 1 is 0.674 bits per heavy atom. The van der Waals surface area contributed by atoms with Gasteiger partial charge in [-0.05, 0) is 24.1 Å². The molecule has 0 spiro atoms. The molecule has 0 saturated carbocycles. The van der Waals surface area contributed by atoms with E-state index in [1.165, 1.54) is 49.7 Å². The minimum Gasteiger partial charge on any atom is -0.508 e. The van der Waals surface area contributed by atoms with Gasteiger partial charge >= 0.3 is 5.97 Å². The summed E-state index contributed by atoms with van der Waals surface area (Å²) in [4.78, 5) is 72.2. The summed E-state index contributed by atoms with van der Waals surface area (Å²) in [5, 5.41) is 27.0. The van der Waals surface area contributed by atoms with E-state index in [0.29, 0.717) is 22.6 Å². The first-order valence-corrected chi connectivity index (χ1v) is 13.3. The fraction of sp³-hybridized carbons (Fsp3) is 0.296. The Balaban J connectivity index is 1.49. The number of amides is 3. The lowest BCUT2D eigenvalue weighted by atomic mass is 10.0. The largest absolute Gasteiger partial charge is 0.508 e. The molecule has 4 aromatic rings. The topological polar surface area (TPSA) is 257 Å². The maximum absolute atomic E-state index is 13.6. The highest BCUT2D eigenvalue weighted by molar-refractivity contribution is 5.94. The maximum Gasteiger partial charge on any atom is 0.326 e. The molecule has 0 aliphatic rings. The zero-order chi connectivity index (χ0) is 30.8. The first kappa shape index (κ1) is 30.4. The van der Waals surface area contributed by atoms with Crippen LogP contribution in [0.5, 0.6) is 5.75 Å². The minimum absolute atomic E-state index is 0.000521. The van der Waals surface area contributed by atoms with Gasteiger partial charge in [0.25, 0.3) is 0 Å². The number of carbonyl (C=O) groups is 4. The highest BCUT2D eigenvalue weighted by Gasteiger charge is 2.31. The number of nitrogens with two attached hydrogens (primary N) is 1. The molecule has 4 unspecified atom stereocenters. The van der Waals surface area contributed by atoms with Crippen molar-refractivity contribution in [1.29, 1.82) is 0 Å². The second kappa shape index (κ2) is 14.4. The van der Waals surface area contributed by atoms with Crippen molar-refractivity contribution < 1.29 is 29.4 Å². The highest BCUT2D eigenvalue weighted by Crippen LogP contribution is 2.11. The van der Waals surface area contributed by atoms with Crippen LogP contribution in [-0.2, 0) is 44.9 Å². The van der Waals surface area contributed by atoms with Crippen molar-refractivity contribution in [3.63, 3.8) is 0 Å². The van der Waals surface area contributed by atoms with Crippen LogP contribution in [-0.4, -0.2) is 88.0 Å². The van der Waals surface area contributed by atoms with E-state index in [-0.39, 0.29) is 31.4 Å². The van der Waals surface area contributed by atoms with Crippen molar-refractivity contribution in [2.24, 2.45) is 5.73 Å². The molecule has 16 heteroatoms. The summed E-state index contributed by atoms with van der Waals surface area (Å²) >= 11 is 0. The Bertz CT molecular complexity index is 1470. The fourth-order valence-electron chi connectivity index (χ4n) is 4.27. The lowest BCUT2D eigenvalue weighted by Gasteiger charge is -2.25. The number of H-pyrrole nitrogens is 3. The molecule has 10 N–H and O–H groups in total. The van der Waals surface area contributed by atoms with Crippen molar-refractivity contribution in [1.82, 2.24) is 45.9 Å². The quantitative estimate of drug-likeness (QED) is 0.0788. The molecule has 43 heavy (non-hydrogen) atoms. The first-order chi connectivity index (χ1) is 20.7. The average Bonchev–Trinajstić information content (AvgIpc) is 3.78. The Morgan fingerprint density at radius 3 is 1.51 bits per heavy atom. The number of aromatic hydroxyl groups is 1. The highest BCUT2D eigenvalue weighted by atomic mass is 16.4. The molecular weight excluding hydrogens is 560 g/mol. The maximum atomic E-state index is 13.6. The van der Waals surface area contributed by atoms with Crippen molar-refractivity contribution in [3.05, 3.63) is 84.5 Å². The van der Waals surface area contributed by atoms with Crippen LogP contribution >= 0.6 is 0 Å². The summed E-state index contributed by atoms with van der Waals surface area (Å²) in [6, 6.07) is 1.47. The summed E-state index contributed by atoms with van der Waals surface area (Å²) < 4.78 is 0. The van der Waals surface area contributed by atoms with Crippen molar-refractivity contribution >= 4 is 23.7 Å². The lowest BCUT2D eigenvalue weighted by molar-refractivity contribution is -0.142. The van der Waals surface area contributed by atoms with Crippen LogP contribution in [0.1, 0.15) is 22.6 Å². The molecule has 1 aromatic carbocycles. The third kappa shape index (κ3) is 8.99. The lowest BCUT2D eigenvalue weighted by Crippen LogP contribution is -2.58. The summed E-state index contributed by atoms with van der Waals surface area (Å²) in [6.45, 7) is 0. The second-order valence-electron chi connectivity index (χ2n) is 9.84. The van der Waals surface area contributed by atoms with Crippen molar-refractivity contribution in [3.8, 4) is 5.75 Å². The van der Waals surface area contributed by atoms with Gasteiger partial charge in [-0.2, -0.15) is 0 Å². The number of benzene rings is 1. The van der Waals surface area contributed by atoms with Crippen LogP contribution in [0.4, 0.5) is 0 Å². The fourth-order valence-corrected chi connectivity index (χ4v) is 4.27. The summed E-state index contributed by atoms with van der Waals surface area (Å²) in [5.41, 5.74) is 8.36. The van der Waals surface area contributed by atoms with E-state index in [1.807, 2.05) is 0 Å². The van der Waals surface area contributed by atoms with Gasteiger partial charge in [0, 0.05) is 54.9 Å². The molecule has 3 aromatic heterocycles. The molecule has 4 rings (SSSR count). The molecule has 16 nitrogen and oxygen atoms in total.